The Morgan fingerprint density at radius 2 is 1.14 bits per heavy atom. The zero-order chi connectivity index (χ0) is 22.1. The number of halogens is 2. The molecule has 0 fully saturated rings. The van der Waals surface area contributed by atoms with E-state index in [1.54, 1.807) is 0 Å². The summed E-state index contributed by atoms with van der Waals surface area (Å²) in [5.41, 5.74) is 2.94. The predicted octanol–water partition coefficient (Wildman–Crippen LogP) is 7.85. The molecule has 0 aliphatic heterocycles. The van der Waals surface area contributed by atoms with Crippen LogP contribution in [0.3, 0.4) is 0 Å². The van der Waals surface area contributed by atoms with E-state index in [-0.39, 0.29) is 0 Å². The molecule has 3 aromatic rings. The number of hydrogen-bond acceptors (Lipinski definition) is 0. The van der Waals surface area contributed by atoms with Gasteiger partial charge in [0.25, 0.3) is 0 Å². The van der Waals surface area contributed by atoms with Gasteiger partial charge in [0.2, 0.25) is 0 Å². The van der Waals surface area contributed by atoms with E-state index in [4.69, 9.17) is 17.2 Å². The summed E-state index contributed by atoms with van der Waals surface area (Å²) in [6.07, 6.45) is 0. The van der Waals surface area contributed by atoms with E-state index in [2.05, 4.69) is 109 Å². The summed E-state index contributed by atoms with van der Waals surface area (Å²) < 4.78 is 0. The second-order valence-corrected chi connectivity index (χ2v) is 37.9. The van der Waals surface area contributed by atoms with Crippen LogP contribution in [0.25, 0.3) is 0 Å². The molecule has 4 heteroatoms. The Bertz CT molecular complexity index is 786. The first-order valence-corrected chi connectivity index (χ1v) is 26.2. The summed E-state index contributed by atoms with van der Waals surface area (Å²) >= 11 is -2.10. The van der Waals surface area contributed by atoms with E-state index in [1.807, 2.05) is 18.2 Å². The standard InChI is InChI=1S/2C9H13.C7H8Si.2ClH.Hf/c2*1-9(2,3)8-6-4-5-7-8;1-8-7-5-3-2-4-6-7;;;/h2*4-7H,1-3H3;2-6H,1H3;2*1H;/q2*-1;;;;+2/p-2. The summed E-state index contributed by atoms with van der Waals surface area (Å²) in [5, 5.41) is 1.38. The zero-order valence-corrected chi connectivity index (χ0v) is 24.9. The minimum absolute atomic E-state index is 0.323. The van der Waals surface area contributed by atoms with Gasteiger partial charge in [0.15, 0.2) is 0 Å². The topological polar surface area (TPSA) is 0 Å². The normalized spacial score (nSPS) is 10.9. The molecule has 158 valence electrons. The van der Waals surface area contributed by atoms with Gasteiger partial charge in [0.1, 0.15) is 0 Å². The Morgan fingerprint density at radius 3 is 1.38 bits per heavy atom. The van der Waals surface area contributed by atoms with Crippen LogP contribution in [-0.4, -0.2) is 5.49 Å². The van der Waals surface area contributed by atoms with E-state index < -0.39 is 23.2 Å². The van der Waals surface area contributed by atoms with E-state index in [0.717, 1.165) is 0 Å². The molecule has 3 rings (SSSR count). The van der Waals surface area contributed by atoms with Gasteiger partial charge in [-0.25, -0.2) is 12.1 Å². The second-order valence-electron chi connectivity index (χ2n) is 9.10. The van der Waals surface area contributed by atoms with Gasteiger partial charge in [-0.2, -0.15) is 47.5 Å². The number of hydrogen-bond donors (Lipinski definition) is 0. The van der Waals surface area contributed by atoms with Crippen LogP contribution < -0.4 is 5.19 Å². The van der Waals surface area contributed by atoms with Gasteiger partial charge in [0, 0.05) is 0 Å². The van der Waals surface area contributed by atoms with Crippen molar-refractivity contribution in [1.29, 1.82) is 0 Å². The SMILES string of the molecule is CC(C)(C)c1cc[cH-]c1.CC(C)(C)c1cc[cH-]c1.C[Si](c1ccccc1)=[Hf]([Cl])[Cl]. The maximum absolute atomic E-state index is 5.99. The number of rotatable bonds is 1. The third-order valence-corrected chi connectivity index (χ3v) is 29.5. The summed E-state index contributed by atoms with van der Waals surface area (Å²) in [7, 11) is 12.0. The molecule has 0 spiro atoms. The maximum atomic E-state index is 5.99. The minimum atomic E-state index is -2.10. The molecule has 0 bridgehead atoms. The Kier molecular flexibility index (Phi) is 11.4. The van der Waals surface area contributed by atoms with Crippen molar-refractivity contribution in [1.82, 2.24) is 0 Å². The molecule has 0 heterocycles. The predicted molar refractivity (Wildman–Crippen MR) is 131 cm³/mol. The van der Waals surface area contributed by atoms with Crippen molar-refractivity contribution in [2.45, 2.75) is 58.9 Å². The molecule has 0 aliphatic rings. The molecular weight excluding hydrogens is 578 g/mol. The van der Waals surface area contributed by atoms with Crippen LogP contribution >= 0.6 is 17.2 Å². The van der Waals surface area contributed by atoms with Crippen LogP contribution in [0.4, 0.5) is 0 Å². The van der Waals surface area contributed by atoms with Crippen molar-refractivity contribution in [3.8, 4) is 0 Å². The fourth-order valence-electron chi connectivity index (χ4n) is 2.55. The molecule has 0 radical (unpaired) electrons. The summed E-state index contributed by atoms with van der Waals surface area (Å²) in [6.45, 7) is 15.6. The Balaban J connectivity index is 0.000000219. The van der Waals surface area contributed by atoms with Crippen LogP contribution in [0, 0.1) is 0 Å². The van der Waals surface area contributed by atoms with Crippen LogP contribution in [0.1, 0.15) is 52.7 Å². The first-order valence-electron chi connectivity index (χ1n) is 9.94. The summed E-state index contributed by atoms with van der Waals surface area (Å²) in [5.74, 6) is 0. The van der Waals surface area contributed by atoms with Gasteiger partial charge < -0.3 is 0 Å². The zero-order valence-electron chi connectivity index (χ0n) is 18.8. The van der Waals surface area contributed by atoms with Gasteiger partial charge >= 0.3 is 82.4 Å². The summed E-state index contributed by atoms with van der Waals surface area (Å²) in [6, 6.07) is 27.4. The van der Waals surface area contributed by atoms with Crippen molar-refractivity contribution < 1.29 is 17.7 Å². The molecule has 0 nitrogen and oxygen atoms in total. The molecule has 3 aromatic carbocycles. The second kappa shape index (κ2) is 12.4. The Hall–Kier alpha value is -0.413. The van der Waals surface area contributed by atoms with Crippen LogP contribution in [0.2, 0.25) is 6.55 Å². The molecule has 0 saturated heterocycles. The van der Waals surface area contributed by atoms with Crippen molar-refractivity contribution in [2.75, 3.05) is 0 Å². The van der Waals surface area contributed by atoms with Crippen molar-refractivity contribution >= 4 is 27.8 Å². The Labute approximate surface area is 193 Å². The third-order valence-electron chi connectivity index (χ3n) is 4.55. The molecule has 0 aliphatic carbocycles. The van der Waals surface area contributed by atoms with Crippen LogP contribution in [-0.2, 0) is 28.5 Å². The van der Waals surface area contributed by atoms with Crippen molar-refractivity contribution in [3.05, 3.63) is 90.0 Å². The molecule has 0 N–H and O–H groups in total. The van der Waals surface area contributed by atoms with Crippen molar-refractivity contribution in [2.24, 2.45) is 0 Å². The molecule has 0 atom stereocenters. The van der Waals surface area contributed by atoms with Gasteiger partial charge in [0.05, 0.1) is 0 Å². The number of benzene rings is 1. The van der Waals surface area contributed by atoms with E-state index in [9.17, 15) is 0 Å². The van der Waals surface area contributed by atoms with Gasteiger partial charge in [-0.3, -0.25) is 0 Å². The van der Waals surface area contributed by atoms with Crippen molar-refractivity contribution in [3.63, 3.8) is 0 Å². The fourth-order valence-corrected chi connectivity index (χ4v) is 13.0. The Morgan fingerprint density at radius 1 is 0.724 bits per heavy atom. The van der Waals surface area contributed by atoms with Crippen LogP contribution in [0.15, 0.2) is 78.9 Å². The molecule has 0 aromatic heterocycles. The average molecular weight is 612 g/mol. The molecule has 0 unspecified atom stereocenters. The summed E-state index contributed by atoms with van der Waals surface area (Å²) in [4.78, 5) is 0. The molecular formula is C25H34Cl2HfSi-2. The van der Waals surface area contributed by atoms with E-state index >= 15 is 0 Å². The first kappa shape index (κ1) is 26.6. The van der Waals surface area contributed by atoms with Gasteiger partial charge in [-0.1, -0.05) is 52.4 Å². The average Bonchev–Trinajstić information content (AvgIpc) is 3.35. The quantitative estimate of drug-likeness (QED) is 0.194. The fraction of sp³-hybridized carbons (Fsp3) is 0.360. The van der Waals surface area contributed by atoms with E-state index in [0.29, 0.717) is 10.8 Å². The monoisotopic (exact) mass is 612 g/mol. The first-order chi connectivity index (χ1) is 13.4. The molecule has 29 heavy (non-hydrogen) atoms. The van der Waals surface area contributed by atoms with Gasteiger partial charge in [-0.05, 0) is 0 Å². The molecule has 0 saturated carbocycles. The third kappa shape index (κ3) is 10.4. The van der Waals surface area contributed by atoms with Crippen LogP contribution in [0.5, 0.6) is 0 Å². The molecule has 0 amide bonds. The van der Waals surface area contributed by atoms with Gasteiger partial charge in [-0.15, -0.1) is 0 Å². The van der Waals surface area contributed by atoms with E-state index in [1.165, 1.54) is 16.3 Å².